The van der Waals surface area contributed by atoms with E-state index in [9.17, 15) is 0 Å². The van der Waals surface area contributed by atoms with Crippen molar-refractivity contribution in [2.24, 2.45) is 17.6 Å². The van der Waals surface area contributed by atoms with Crippen LogP contribution in [0, 0.1) is 11.8 Å². The zero-order valence-corrected chi connectivity index (χ0v) is 10.5. The molecule has 0 heterocycles. The maximum Gasteiger partial charge on any atom is 0.0700 e. The van der Waals surface area contributed by atoms with Gasteiger partial charge in [0.05, 0.1) is 6.10 Å². The van der Waals surface area contributed by atoms with Gasteiger partial charge in [0.2, 0.25) is 0 Å². The summed E-state index contributed by atoms with van der Waals surface area (Å²) in [7, 11) is 0. The van der Waals surface area contributed by atoms with Gasteiger partial charge >= 0.3 is 0 Å². The fraction of sp³-hybridized carbons (Fsp3) is 1.00. The highest BCUT2D eigenvalue weighted by Gasteiger charge is 2.31. The number of rotatable bonds is 5. The zero-order valence-electron chi connectivity index (χ0n) is 10.5. The Hall–Kier alpha value is -0.0800. The van der Waals surface area contributed by atoms with Gasteiger partial charge in [0.15, 0.2) is 0 Å². The molecule has 2 heteroatoms. The minimum atomic E-state index is 0.215. The third kappa shape index (κ3) is 3.46. The highest BCUT2D eigenvalue weighted by atomic mass is 16.5. The highest BCUT2D eigenvalue weighted by molar-refractivity contribution is 4.85. The van der Waals surface area contributed by atoms with Crippen LogP contribution in [0.5, 0.6) is 0 Å². The van der Waals surface area contributed by atoms with Crippen molar-refractivity contribution in [1.82, 2.24) is 0 Å². The van der Waals surface area contributed by atoms with E-state index in [2.05, 4.69) is 13.8 Å². The molecule has 1 aliphatic carbocycles. The number of hydrogen-bond donors (Lipinski definition) is 1. The SMILES string of the molecule is CCOC(C)C(N)C1CCCCC1CC. The summed E-state index contributed by atoms with van der Waals surface area (Å²) in [5.41, 5.74) is 6.32. The van der Waals surface area contributed by atoms with E-state index < -0.39 is 0 Å². The minimum Gasteiger partial charge on any atom is -0.377 e. The third-order valence-corrected chi connectivity index (χ3v) is 3.96. The van der Waals surface area contributed by atoms with Gasteiger partial charge < -0.3 is 10.5 Å². The van der Waals surface area contributed by atoms with Crippen LogP contribution in [0.25, 0.3) is 0 Å². The Bertz CT molecular complexity index is 172. The van der Waals surface area contributed by atoms with Gasteiger partial charge in [-0.05, 0) is 32.1 Å². The van der Waals surface area contributed by atoms with Crippen molar-refractivity contribution in [3.8, 4) is 0 Å². The molecule has 15 heavy (non-hydrogen) atoms. The van der Waals surface area contributed by atoms with E-state index in [1.807, 2.05) is 6.92 Å². The normalized spacial score (nSPS) is 31.2. The first-order valence-corrected chi connectivity index (χ1v) is 6.57. The average molecular weight is 213 g/mol. The van der Waals surface area contributed by atoms with Gasteiger partial charge in [-0.2, -0.15) is 0 Å². The molecule has 4 unspecified atom stereocenters. The van der Waals surface area contributed by atoms with Crippen molar-refractivity contribution >= 4 is 0 Å². The van der Waals surface area contributed by atoms with Crippen molar-refractivity contribution in [3.63, 3.8) is 0 Å². The molecule has 0 spiro atoms. The molecule has 1 fully saturated rings. The number of hydrogen-bond acceptors (Lipinski definition) is 2. The molecule has 0 amide bonds. The van der Waals surface area contributed by atoms with Crippen LogP contribution < -0.4 is 5.73 Å². The Morgan fingerprint density at radius 3 is 2.53 bits per heavy atom. The summed E-state index contributed by atoms with van der Waals surface area (Å²) in [5, 5.41) is 0. The fourth-order valence-electron chi connectivity index (χ4n) is 2.97. The van der Waals surface area contributed by atoms with Crippen molar-refractivity contribution in [1.29, 1.82) is 0 Å². The van der Waals surface area contributed by atoms with E-state index in [0.717, 1.165) is 12.5 Å². The fourth-order valence-corrected chi connectivity index (χ4v) is 2.97. The molecule has 0 aromatic heterocycles. The van der Waals surface area contributed by atoms with Crippen LogP contribution in [0.4, 0.5) is 0 Å². The molecular weight excluding hydrogens is 186 g/mol. The van der Waals surface area contributed by atoms with Crippen LogP contribution in [0.1, 0.15) is 52.9 Å². The van der Waals surface area contributed by atoms with Crippen LogP contribution in [0.3, 0.4) is 0 Å². The molecule has 1 saturated carbocycles. The second-order valence-corrected chi connectivity index (χ2v) is 4.85. The molecule has 2 nitrogen and oxygen atoms in total. The summed E-state index contributed by atoms with van der Waals surface area (Å²) in [6, 6.07) is 0.232. The Labute approximate surface area is 94.6 Å². The molecule has 90 valence electrons. The topological polar surface area (TPSA) is 35.2 Å². The summed E-state index contributed by atoms with van der Waals surface area (Å²) < 4.78 is 5.62. The molecule has 0 saturated heterocycles. The Balaban J connectivity index is 2.50. The van der Waals surface area contributed by atoms with Gasteiger partial charge in [-0.15, -0.1) is 0 Å². The number of ether oxygens (including phenoxy) is 1. The van der Waals surface area contributed by atoms with Gasteiger partial charge in [-0.3, -0.25) is 0 Å². The van der Waals surface area contributed by atoms with E-state index in [1.54, 1.807) is 0 Å². The standard InChI is InChI=1S/C13H27NO/c1-4-11-8-6-7-9-12(11)13(14)10(3)15-5-2/h10-13H,4-9,14H2,1-3H3. The van der Waals surface area contributed by atoms with Crippen molar-refractivity contribution in [2.75, 3.05) is 6.61 Å². The third-order valence-electron chi connectivity index (χ3n) is 3.96. The van der Waals surface area contributed by atoms with Crippen LogP contribution >= 0.6 is 0 Å². The molecule has 0 aromatic carbocycles. The first-order valence-electron chi connectivity index (χ1n) is 6.57. The van der Waals surface area contributed by atoms with Gasteiger partial charge in [0, 0.05) is 12.6 Å². The first-order chi connectivity index (χ1) is 7.20. The molecule has 2 N–H and O–H groups in total. The molecular formula is C13H27NO. The van der Waals surface area contributed by atoms with E-state index in [-0.39, 0.29) is 12.1 Å². The molecule has 0 bridgehead atoms. The monoisotopic (exact) mass is 213 g/mol. The summed E-state index contributed by atoms with van der Waals surface area (Å²) in [4.78, 5) is 0. The van der Waals surface area contributed by atoms with Crippen LogP contribution in [-0.2, 0) is 4.74 Å². The van der Waals surface area contributed by atoms with Crippen LogP contribution in [0.15, 0.2) is 0 Å². The number of nitrogens with two attached hydrogens (primary N) is 1. The Morgan fingerprint density at radius 1 is 1.27 bits per heavy atom. The quantitative estimate of drug-likeness (QED) is 0.762. The molecule has 0 radical (unpaired) electrons. The largest absolute Gasteiger partial charge is 0.377 e. The minimum absolute atomic E-state index is 0.215. The van der Waals surface area contributed by atoms with Gasteiger partial charge in [0.25, 0.3) is 0 Å². The highest BCUT2D eigenvalue weighted by Crippen LogP contribution is 2.34. The molecule has 0 aromatic rings. The predicted octanol–water partition coefficient (Wildman–Crippen LogP) is 2.96. The predicted molar refractivity (Wildman–Crippen MR) is 64.8 cm³/mol. The van der Waals surface area contributed by atoms with Crippen LogP contribution in [0.2, 0.25) is 0 Å². The lowest BCUT2D eigenvalue weighted by Gasteiger charge is -2.37. The Kier molecular flexibility index (Phi) is 5.62. The van der Waals surface area contributed by atoms with E-state index >= 15 is 0 Å². The summed E-state index contributed by atoms with van der Waals surface area (Å²) >= 11 is 0. The second-order valence-electron chi connectivity index (χ2n) is 4.85. The lowest BCUT2D eigenvalue weighted by molar-refractivity contribution is 0.0235. The molecule has 4 atom stereocenters. The van der Waals surface area contributed by atoms with E-state index in [1.165, 1.54) is 32.1 Å². The lowest BCUT2D eigenvalue weighted by Crippen LogP contribution is -2.45. The first kappa shape index (κ1) is 13.0. The molecule has 1 aliphatic rings. The maximum atomic E-state index is 6.32. The summed E-state index contributed by atoms with van der Waals surface area (Å²) in [5.74, 6) is 1.52. The van der Waals surface area contributed by atoms with Crippen molar-refractivity contribution < 1.29 is 4.74 Å². The van der Waals surface area contributed by atoms with Gasteiger partial charge in [0.1, 0.15) is 0 Å². The zero-order chi connectivity index (χ0) is 11.3. The average Bonchev–Trinajstić information content (AvgIpc) is 2.28. The van der Waals surface area contributed by atoms with Crippen molar-refractivity contribution in [2.45, 2.75) is 65.0 Å². The van der Waals surface area contributed by atoms with Gasteiger partial charge in [-0.25, -0.2) is 0 Å². The molecule has 1 rings (SSSR count). The summed E-state index contributed by atoms with van der Waals surface area (Å²) in [6.07, 6.45) is 6.91. The van der Waals surface area contributed by atoms with E-state index in [4.69, 9.17) is 10.5 Å². The lowest BCUT2D eigenvalue weighted by atomic mass is 9.73. The van der Waals surface area contributed by atoms with Gasteiger partial charge in [-0.1, -0.05) is 32.6 Å². The van der Waals surface area contributed by atoms with Crippen LogP contribution in [-0.4, -0.2) is 18.8 Å². The summed E-state index contributed by atoms with van der Waals surface area (Å²) in [6.45, 7) is 7.23. The smallest absolute Gasteiger partial charge is 0.0700 e. The second kappa shape index (κ2) is 6.49. The van der Waals surface area contributed by atoms with Crippen molar-refractivity contribution in [3.05, 3.63) is 0 Å². The maximum absolute atomic E-state index is 6.32. The van der Waals surface area contributed by atoms with E-state index in [0.29, 0.717) is 5.92 Å². The Morgan fingerprint density at radius 2 is 1.93 bits per heavy atom. The molecule has 0 aliphatic heterocycles.